The zero-order valence-electron chi connectivity index (χ0n) is 8.17. The van der Waals surface area contributed by atoms with Gasteiger partial charge in [-0.15, -0.1) is 11.3 Å². The molecule has 2 heterocycles. The minimum absolute atomic E-state index is 0.242. The molecular formula is C10H11BrCl2OS. The Bertz CT molecular complexity index is 355. The van der Waals surface area contributed by atoms with Crippen molar-refractivity contribution in [2.45, 2.75) is 24.3 Å². The van der Waals surface area contributed by atoms with Crippen LogP contribution in [0.5, 0.6) is 0 Å². The van der Waals surface area contributed by atoms with Gasteiger partial charge >= 0.3 is 0 Å². The van der Waals surface area contributed by atoms with Gasteiger partial charge in [-0.1, -0.05) is 39.1 Å². The summed E-state index contributed by atoms with van der Waals surface area (Å²) in [6, 6.07) is 1.94. The highest BCUT2D eigenvalue weighted by Crippen LogP contribution is 2.45. The van der Waals surface area contributed by atoms with Crippen molar-refractivity contribution >= 4 is 50.5 Å². The largest absolute Gasteiger partial charge is 0.378 e. The molecule has 0 aliphatic carbocycles. The van der Waals surface area contributed by atoms with Crippen molar-refractivity contribution in [2.24, 2.45) is 5.92 Å². The summed E-state index contributed by atoms with van der Waals surface area (Å²) in [5, 5.41) is 0. The van der Waals surface area contributed by atoms with Crippen molar-refractivity contribution in [3.8, 4) is 0 Å². The molecule has 3 atom stereocenters. The Kier molecular flexibility index (Phi) is 4.00. The fourth-order valence-electron chi connectivity index (χ4n) is 1.90. The lowest BCUT2D eigenvalue weighted by molar-refractivity contribution is 0.105. The molecule has 15 heavy (non-hydrogen) atoms. The van der Waals surface area contributed by atoms with Crippen molar-refractivity contribution in [1.29, 1.82) is 0 Å². The summed E-state index contributed by atoms with van der Waals surface area (Å²) < 4.78 is 7.07. The summed E-state index contributed by atoms with van der Waals surface area (Å²) in [6.07, 6.45) is 1.35. The molecule has 1 aliphatic rings. The van der Waals surface area contributed by atoms with E-state index in [1.165, 1.54) is 11.3 Å². The highest BCUT2D eigenvalue weighted by molar-refractivity contribution is 9.09. The average Bonchev–Trinajstić information content (AvgIpc) is 2.71. The maximum absolute atomic E-state index is 6.13. The third-order valence-corrected chi connectivity index (χ3v) is 5.48. The van der Waals surface area contributed by atoms with Gasteiger partial charge in [0.2, 0.25) is 0 Å². The first-order valence-electron chi connectivity index (χ1n) is 4.80. The minimum atomic E-state index is 0.242. The Balaban J connectivity index is 2.19. The topological polar surface area (TPSA) is 9.23 Å². The molecule has 1 aliphatic heterocycles. The van der Waals surface area contributed by atoms with Gasteiger partial charge in [-0.25, -0.2) is 0 Å². The normalized spacial score (nSPS) is 28.3. The molecule has 1 nitrogen and oxygen atoms in total. The molecule has 3 unspecified atom stereocenters. The van der Waals surface area contributed by atoms with Crippen LogP contribution in [0, 0.1) is 5.92 Å². The van der Waals surface area contributed by atoms with Crippen LogP contribution in [0.3, 0.4) is 0 Å². The molecule has 84 valence electrons. The second kappa shape index (κ2) is 4.92. The van der Waals surface area contributed by atoms with Gasteiger partial charge in [0.15, 0.2) is 0 Å². The maximum atomic E-state index is 6.13. The van der Waals surface area contributed by atoms with Gasteiger partial charge < -0.3 is 4.74 Å². The molecule has 0 amide bonds. The van der Waals surface area contributed by atoms with E-state index in [1.807, 2.05) is 6.07 Å². The van der Waals surface area contributed by atoms with Gasteiger partial charge in [0.05, 0.1) is 14.8 Å². The third-order valence-electron chi connectivity index (χ3n) is 2.79. The molecule has 1 saturated heterocycles. The van der Waals surface area contributed by atoms with Crippen molar-refractivity contribution in [3.05, 3.63) is 20.3 Å². The van der Waals surface area contributed by atoms with E-state index >= 15 is 0 Å². The Morgan fingerprint density at radius 2 is 2.33 bits per heavy atom. The van der Waals surface area contributed by atoms with E-state index in [4.69, 9.17) is 27.9 Å². The first-order chi connectivity index (χ1) is 7.09. The lowest BCUT2D eigenvalue weighted by atomic mass is 9.95. The Hall–Kier alpha value is 0.720. The maximum Gasteiger partial charge on any atom is 0.0987 e. The summed E-state index contributed by atoms with van der Waals surface area (Å²) in [4.78, 5) is 0.242. The predicted octanol–water partition coefficient (Wildman–Crippen LogP) is 4.92. The molecule has 0 radical (unpaired) electrons. The van der Waals surface area contributed by atoms with Crippen LogP contribution in [-0.2, 0) is 4.74 Å². The standard InChI is InChI=1S/C10H11BrCl2OS/c1-5-6(2-3-14-5)9(11)7-4-8(12)15-10(7)13/h4-6,9H,2-3H2,1H3. The van der Waals surface area contributed by atoms with Crippen LogP contribution < -0.4 is 0 Å². The number of thiophene rings is 1. The number of ether oxygens (including phenoxy) is 1. The van der Waals surface area contributed by atoms with E-state index in [-0.39, 0.29) is 10.9 Å². The van der Waals surface area contributed by atoms with Gasteiger partial charge in [-0.2, -0.15) is 0 Å². The van der Waals surface area contributed by atoms with Crippen molar-refractivity contribution in [3.63, 3.8) is 0 Å². The molecule has 1 aromatic rings. The van der Waals surface area contributed by atoms with Gasteiger partial charge in [-0.3, -0.25) is 0 Å². The average molecular weight is 330 g/mol. The predicted molar refractivity (Wildman–Crippen MR) is 69.5 cm³/mol. The van der Waals surface area contributed by atoms with Gasteiger partial charge in [0.1, 0.15) is 0 Å². The lowest BCUT2D eigenvalue weighted by Gasteiger charge is -2.20. The molecule has 0 N–H and O–H groups in total. The number of rotatable bonds is 2. The highest BCUT2D eigenvalue weighted by Gasteiger charge is 2.32. The van der Waals surface area contributed by atoms with E-state index in [1.54, 1.807) is 0 Å². The smallest absolute Gasteiger partial charge is 0.0987 e. The SMILES string of the molecule is CC1OCCC1C(Br)c1cc(Cl)sc1Cl. The highest BCUT2D eigenvalue weighted by atomic mass is 79.9. The second-order valence-corrected chi connectivity index (χ2v) is 6.98. The molecule has 0 saturated carbocycles. The molecule has 0 bridgehead atoms. The van der Waals surface area contributed by atoms with Crippen molar-refractivity contribution in [2.75, 3.05) is 6.61 Å². The molecule has 0 aromatic carbocycles. The quantitative estimate of drug-likeness (QED) is 0.700. The summed E-state index contributed by atoms with van der Waals surface area (Å²) >= 11 is 17.2. The molecule has 0 spiro atoms. The molecule has 1 fully saturated rings. The lowest BCUT2D eigenvalue weighted by Crippen LogP contribution is -2.15. The number of hydrogen-bond donors (Lipinski definition) is 0. The van der Waals surface area contributed by atoms with Crippen LogP contribution in [0.2, 0.25) is 8.67 Å². The van der Waals surface area contributed by atoms with Crippen molar-refractivity contribution in [1.82, 2.24) is 0 Å². The fourth-order valence-corrected chi connectivity index (χ4v) is 4.79. The summed E-state index contributed by atoms with van der Waals surface area (Å²) in [7, 11) is 0. The molecule has 5 heteroatoms. The number of alkyl halides is 1. The zero-order valence-corrected chi connectivity index (χ0v) is 12.1. The van der Waals surface area contributed by atoms with E-state index in [9.17, 15) is 0 Å². The molecule has 2 rings (SSSR count). The minimum Gasteiger partial charge on any atom is -0.378 e. The Labute approximate surface area is 112 Å². The summed E-state index contributed by atoms with van der Waals surface area (Å²) in [5.74, 6) is 0.480. The van der Waals surface area contributed by atoms with Crippen molar-refractivity contribution < 1.29 is 4.74 Å². The number of halogens is 3. The van der Waals surface area contributed by atoms with E-state index in [2.05, 4.69) is 22.9 Å². The summed E-state index contributed by atoms with van der Waals surface area (Å²) in [5.41, 5.74) is 1.09. The van der Waals surface area contributed by atoms with Crippen LogP contribution in [0.25, 0.3) is 0 Å². The third kappa shape index (κ3) is 2.52. The van der Waals surface area contributed by atoms with Gasteiger partial charge in [0, 0.05) is 17.4 Å². The van der Waals surface area contributed by atoms with Crippen LogP contribution in [0.1, 0.15) is 23.7 Å². The molecule has 1 aromatic heterocycles. The van der Waals surface area contributed by atoms with E-state index in [0.717, 1.165) is 27.3 Å². The van der Waals surface area contributed by atoms with E-state index < -0.39 is 0 Å². The fraction of sp³-hybridized carbons (Fsp3) is 0.600. The zero-order chi connectivity index (χ0) is 11.0. The van der Waals surface area contributed by atoms with Crippen LogP contribution in [0.4, 0.5) is 0 Å². The first-order valence-corrected chi connectivity index (χ1v) is 7.29. The molecular weight excluding hydrogens is 319 g/mol. The Morgan fingerprint density at radius 1 is 1.60 bits per heavy atom. The first kappa shape index (κ1) is 12.2. The van der Waals surface area contributed by atoms with Crippen LogP contribution in [-0.4, -0.2) is 12.7 Å². The van der Waals surface area contributed by atoms with Gasteiger partial charge in [0.25, 0.3) is 0 Å². The Morgan fingerprint density at radius 3 is 2.80 bits per heavy atom. The van der Waals surface area contributed by atoms with Crippen LogP contribution in [0.15, 0.2) is 6.07 Å². The second-order valence-electron chi connectivity index (χ2n) is 3.71. The van der Waals surface area contributed by atoms with Gasteiger partial charge in [-0.05, 0) is 25.0 Å². The summed E-state index contributed by atoms with van der Waals surface area (Å²) in [6.45, 7) is 2.94. The number of hydrogen-bond acceptors (Lipinski definition) is 2. The van der Waals surface area contributed by atoms with Crippen LogP contribution >= 0.6 is 50.5 Å². The monoisotopic (exact) mass is 328 g/mol. The van der Waals surface area contributed by atoms with E-state index in [0.29, 0.717) is 5.92 Å².